The predicted molar refractivity (Wildman–Crippen MR) is 85.4 cm³/mol. The molecule has 3 rings (SSSR count). The van der Waals surface area contributed by atoms with Crippen LogP contribution in [0.1, 0.15) is 16.7 Å². The number of carboxylic acid groups (broad SMARTS) is 1. The molecule has 1 heterocycles. The summed E-state index contributed by atoms with van der Waals surface area (Å²) in [6.07, 6.45) is -0.0329. The molecule has 1 atom stereocenters. The molecule has 5 nitrogen and oxygen atoms in total. The predicted octanol–water partition coefficient (Wildman–Crippen LogP) is 1.55. The maximum absolute atomic E-state index is 12.8. The number of fused-ring (bicyclic) bond motifs is 1. The van der Waals surface area contributed by atoms with Crippen LogP contribution in [0.3, 0.4) is 0 Å². The molecule has 0 saturated carbocycles. The van der Waals surface area contributed by atoms with Crippen molar-refractivity contribution in [2.24, 2.45) is 5.73 Å². The molecule has 0 aliphatic carbocycles. The lowest BCUT2D eigenvalue weighted by molar-refractivity contribution is -0.153. The summed E-state index contributed by atoms with van der Waals surface area (Å²) >= 11 is 0. The third-order valence-electron chi connectivity index (χ3n) is 4.22. The van der Waals surface area contributed by atoms with Gasteiger partial charge in [0.1, 0.15) is 0 Å². The number of rotatable bonds is 4. The number of nitrogens with zero attached hydrogens (tertiary/aromatic N) is 1. The molecule has 1 amide bonds. The maximum atomic E-state index is 12.8. The van der Waals surface area contributed by atoms with Crippen LogP contribution in [0, 0.1) is 0 Å². The van der Waals surface area contributed by atoms with E-state index in [4.69, 9.17) is 5.73 Å². The zero-order chi connectivity index (χ0) is 16.4. The van der Waals surface area contributed by atoms with Crippen molar-refractivity contribution in [3.8, 4) is 0 Å². The summed E-state index contributed by atoms with van der Waals surface area (Å²) in [6, 6.07) is 16.7. The second-order valence-electron chi connectivity index (χ2n) is 5.87. The molecular formula is C18H18N2O3. The van der Waals surface area contributed by atoms with E-state index in [1.165, 1.54) is 4.90 Å². The smallest absolute Gasteiger partial charge is 0.333 e. The van der Waals surface area contributed by atoms with E-state index in [2.05, 4.69) is 0 Å². The summed E-state index contributed by atoms with van der Waals surface area (Å²) in [5.74, 6) is -1.85. The van der Waals surface area contributed by atoms with Gasteiger partial charge in [0.2, 0.25) is 0 Å². The third-order valence-corrected chi connectivity index (χ3v) is 4.22. The Balaban J connectivity index is 1.84. The Morgan fingerprint density at radius 2 is 1.52 bits per heavy atom. The minimum Gasteiger partial charge on any atom is -0.479 e. The van der Waals surface area contributed by atoms with E-state index < -0.39 is 17.4 Å². The molecule has 2 aromatic carbocycles. The fraction of sp³-hybridized carbons (Fsp3) is 0.222. The number of amides is 1. The molecule has 5 heteroatoms. The van der Waals surface area contributed by atoms with Gasteiger partial charge in [-0.3, -0.25) is 4.79 Å². The molecule has 0 bridgehead atoms. The summed E-state index contributed by atoms with van der Waals surface area (Å²) in [7, 11) is 0. The molecule has 1 unspecified atom stereocenters. The Kier molecular flexibility index (Phi) is 3.88. The van der Waals surface area contributed by atoms with Crippen LogP contribution >= 0.6 is 0 Å². The van der Waals surface area contributed by atoms with Crippen molar-refractivity contribution in [2.75, 3.05) is 0 Å². The first-order valence-electron chi connectivity index (χ1n) is 7.43. The molecule has 3 N–H and O–H groups in total. The van der Waals surface area contributed by atoms with Crippen molar-refractivity contribution in [1.29, 1.82) is 0 Å². The normalized spacial score (nSPS) is 15.8. The van der Waals surface area contributed by atoms with Crippen LogP contribution in [0.4, 0.5) is 0 Å². The Bertz CT molecular complexity index is 720. The van der Waals surface area contributed by atoms with Gasteiger partial charge in [-0.25, -0.2) is 4.79 Å². The minimum absolute atomic E-state index is 0.0329. The highest BCUT2D eigenvalue weighted by Gasteiger charge is 2.46. The lowest BCUT2D eigenvalue weighted by Gasteiger charge is -2.28. The molecule has 23 heavy (non-hydrogen) atoms. The molecule has 0 spiro atoms. The zero-order valence-electron chi connectivity index (χ0n) is 12.6. The van der Waals surface area contributed by atoms with Crippen molar-refractivity contribution in [2.45, 2.75) is 25.0 Å². The van der Waals surface area contributed by atoms with Crippen molar-refractivity contribution in [3.63, 3.8) is 0 Å². The number of nitrogens with two attached hydrogens (primary N) is 1. The third kappa shape index (κ3) is 2.83. The summed E-state index contributed by atoms with van der Waals surface area (Å²) < 4.78 is 0. The van der Waals surface area contributed by atoms with Crippen LogP contribution in [-0.4, -0.2) is 27.4 Å². The lowest BCUT2D eigenvalue weighted by atomic mass is 9.90. The highest BCUT2D eigenvalue weighted by atomic mass is 16.4. The fourth-order valence-corrected chi connectivity index (χ4v) is 2.92. The van der Waals surface area contributed by atoms with E-state index in [9.17, 15) is 14.7 Å². The fourth-order valence-electron chi connectivity index (χ4n) is 2.92. The molecular weight excluding hydrogens is 292 g/mol. The summed E-state index contributed by atoms with van der Waals surface area (Å²) in [6.45, 7) is 0.798. The van der Waals surface area contributed by atoms with E-state index in [1.54, 1.807) is 24.3 Å². The largest absolute Gasteiger partial charge is 0.479 e. The molecule has 0 radical (unpaired) electrons. The van der Waals surface area contributed by atoms with E-state index in [0.29, 0.717) is 13.1 Å². The Hall–Kier alpha value is -2.66. The van der Waals surface area contributed by atoms with Crippen LogP contribution in [-0.2, 0) is 29.1 Å². The van der Waals surface area contributed by atoms with Gasteiger partial charge in [-0.05, 0) is 16.7 Å². The number of hydrogen-bond donors (Lipinski definition) is 2. The number of carbonyl (C=O) groups is 2. The Morgan fingerprint density at radius 3 is 2.04 bits per heavy atom. The monoisotopic (exact) mass is 310 g/mol. The van der Waals surface area contributed by atoms with Gasteiger partial charge < -0.3 is 15.7 Å². The van der Waals surface area contributed by atoms with Gasteiger partial charge in [0.15, 0.2) is 5.54 Å². The molecule has 1 aliphatic heterocycles. The van der Waals surface area contributed by atoms with Gasteiger partial charge in [-0.2, -0.15) is 0 Å². The average molecular weight is 310 g/mol. The first-order chi connectivity index (χ1) is 11.0. The van der Waals surface area contributed by atoms with Crippen LogP contribution in [0.15, 0.2) is 54.6 Å². The zero-order valence-corrected chi connectivity index (χ0v) is 12.6. The van der Waals surface area contributed by atoms with Crippen LogP contribution in [0.5, 0.6) is 0 Å². The van der Waals surface area contributed by atoms with Gasteiger partial charge in [0.05, 0.1) is 0 Å². The number of benzene rings is 2. The second-order valence-corrected chi connectivity index (χ2v) is 5.87. The first-order valence-corrected chi connectivity index (χ1v) is 7.43. The molecule has 2 aromatic rings. The van der Waals surface area contributed by atoms with E-state index in [-0.39, 0.29) is 6.42 Å². The van der Waals surface area contributed by atoms with Gasteiger partial charge in [-0.15, -0.1) is 0 Å². The quantitative estimate of drug-likeness (QED) is 0.839. The molecule has 0 saturated heterocycles. The average Bonchev–Trinajstić information content (AvgIpc) is 2.98. The summed E-state index contributed by atoms with van der Waals surface area (Å²) in [5, 5.41) is 9.57. The number of carbonyl (C=O) groups excluding carboxylic acids is 1. The van der Waals surface area contributed by atoms with E-state index in [0.717, 1.165) is 16.7 Å². The van der Waals surface area contributed by atoms with Gasteiger partial charge >= 0.3 is 5.97 Å². The Labute approximate surface area is 134 Å². The first kappa shape index (κ1) is 15.2. The topological polar surface area (TPSA) is 83.6 Å². The van der Waals surface area contributed by atoms with Gasteiger partial charge in [-0.1, -0.05) is 54.6 Å². The Morgan fingerprint density at radius 1 is 1.00 bits per heavy atom. The highest BCUT2D eigenvalue weighted by molar-refractivity contribution is 6.06. The lowest BCUT2D eigenvalue weighted by Crippen LogP contribution is -2.61. The molecule has 118 valence electrons. The standard InChI is InChI=1S/C18H18N2O3/c19-18(17(22)23,10-13-6-2-1-3-7-13)16(21)20-11-14-8-4-5-9-15(14)12-20/h1-9H,10-12,19H2,(H,22,23). The van der Waals surface area contributed by atoms with Crippen molar-refractivity contribution < 1.29 is 14.7 Å². The SMILES string of the molecule is NC(Cc1ccccc1)(C(=O)O)C(=O)N1Cc2ccccc2C1. The van der Waals surface area contributed by atoms with E-state index >= 15 is 0 Å². The molecule has 0 fully saturated rings. The molecule has 0 aromatic heterocycles. The van der Waals surface area contributed by atoms with E-state index in [1.807, 2.05) is 30.3 Å². The maximum Gasteiger partial charge on any atom is 0.333 e. The van der Waals surface area contributed by atoms with Crippen LogP contribution in [0.25, 0.3) is 0 Å². The second kappa shape index (κ2) is 5.85. The van der Waals surface area contributed by atoms with Crippen LogP contribution in [0.2, 0.25) is 0 Å². The molecule has 1 aliphatic rings. The van der Waals surface area contributed by atoms with Crippen molar-refractivity contribution >= 4 is 11.9 Å². The summed E-state index contributed by atoms with van der Waals surface area (Å²) in [5.41, 5.74) is 6.88. The highest BCUT2D eigenvalue weighted by Crippen LogP contribution is 2.25. The number of aliphatic carboxylic acids is 1. The van der Waals surface area contributed by atoms with Crippen molar-refractivity contribution in [1.82, 2.24) is 4.90 Å². The number of carboxylic acids is 1. The van der Waals surface area contributed by atoms with Gasteiger partial charge in [0.25, 0.3) is 5.91 Å². The number of hydrogen-bond acceptors (Lipinski definition) is 3. The summed E-state index contributed by atoms with van der Waals surface area (Å²) in [4.78, 5) is 26.0. The van der Waals surface area contributed by atoms with Crippen molar-refractivity contribution in [3.05, 3.63) is 71.3 Å². The van der Waals surface area contributed by atoms with Gasteiger partial charge in [0, 0.05) is 19.5 Å². The minimum atomic E-state index is -1.95. The van der Waals surface area contributed by atoms with Crippen LogP contribution < -0.4 is 5.73 Å².